The molecule has 4 N–H and O–H groups in total. The largest absolute Gasteiger partial charge is 0.329 e. The van der Waals surface area contributed by atoms with Gasteiger partial charge in [-0.2, -0.15) is 8.42 Å². The molecule has 0 radical (unpaired) electrons. The summed E-state index contributed by atoms with van der Waals surface area (Å²) in [5, 5.41) is 2.91. The smallest absolute Gasteiger partial charge is 0.266 e. The summed E-state index contributed by atoms with van der Waals surface area (Å²) in [5.41, 5.74) is 5.22. The van der Waals surface area contributed by atoms with Crippen LogP contribution in [0.5, 0.6) is 0 Å². The van der Waals surface area contributed by atoms with Gasteiger partial charge in [0, 0.05) is 19.1 Å². The van der Waals surface area contributed by atoms with Crippen molar-refractivity contribution in [1.82, 2.24) is 5.32 Å². The molecule has 5 nitrogen and oxygen atoms in total. The van der Waals surface area contributed by atoms with E-state index in [0.29, 0.717) is 19.5 Å². The van der Waals surface area contributed by atoms with Gasteiger partial charge in [-0.1, -0.05) is 6.92 Å². The molecule has 0 amide bonds. The Labute approximate surface area is 73.1 Å². The molecule has 0 aliphatic carbocycles. The molecule has 0 saturated heterocycles. The van der Waals surface area contributed by atoms with Crippen LogP contribution in [-0.2, 0) is 10.1 Å². The van der Waals surface area contributed by atoms with Gasteiger partial charge in [0.15, 0.2) is 0 Å². The summed E-state index contributed by atoms with van der Waals surface area (Å²) in [6, 6.07) is -0.205. The number of rotatable bonds is 6. The van der Waals surface area contributed by atoms with Crippen LogP contribution < -0.4 is 11.1 Å². The zero-order chi connectivity index (χ0) is 9.61. The maximum absolute atomic E-state index is 10.4. The van der Waals surface area contributed by atoms with Crippen LogP contribution in [0.4, 0.5) is 0 Å². The van der Waals surface area contributed by atoms with E-state index >= 15 is 0 Å². The summed E-state index contributed by atoms with van der Waals surface area (Å²) >= 11 is 0. The molecule has 1 unspecified atom stereocenters. The average molecular weight is 196 g/mol. The minimum Gasteiger partial charge on any atom is -0.329 e. The van der Waals surface area contributed by atoms with Gasteiger partial charge >= 0.3 is 0 Å². The van der Waals surface area contributed by atoms with Crippen molar-refractivity contribution in [2.45, 2.75) is 19.4 Å². The van der Waals surface area contributed by atoms with E-state index in [1.807, 2.05) is 6.92 Å². The maximum atomic E-state index is 10.4. The van der Waals surface area contributed by atoms with Crippen LogP contribution in [0.25, 0.3) is 0 Å². The lowest BCUT2D eigenvalue weighted by Gasteiger charge is -2.13. The molecule has 0 fully saturated rings. The monoisotopic (exact) mass is 196 g/mol. The number of nitrogens with two attached hydrogens (primary N) is 1. The fourth-order valence-corrected chi connectivity index (χ4v) is 1.72. The summed E-state index contributed by atoms with van der Waals surface area (Å²) in [6.07, 6.45) is 0.653. The number of hydrogen-bond donors (Lipinski definition) is 3. The van der Waals surface area contributed by atoms with Crippen molar-refractivity contribution in [2.75, 3.05) is 18.8 Å². The van der Waals surface area contributed by atoms with Crippen LogP contribution in [0.2, 0.25) is 0 Å². The quantitative estimate of drug-likeness (QED) is 0.484. The highest BCUT2D eigenvalue weighted by Gasteiger charge is 2.13. The third-order valence-electron chi connectivity index (χ3n) is 1.48. The summed E-state index contributed by atoms with van der Waals surface area (Å²) < 4.78 is 29.4. The van der Waals surface area contributed by atoms with E-state index in [-0.39, 0.29) is 11.8 Å². The second-order valence-corrected chi connectivity index (χ2v) is 4.09. The highest BCUT2D eigenvalue weighted by Crippen LogP contribution is 1.94. The molecule has 0 heterocycles. The van der Waals surface area contributed by atoms with Crippen molar-refractivity contribution in [3.63, 3.8) is 0 Å². The lowest BCUT2D eigenvalue weighted by molar-refractivity contribution is 0.460. The van der Waals surface area contributed by atoms with E-state index in [2.05, 4.69) is 5.32 Å². The lowest BCUT2D eigenvalue weighted by Crippen LogP contribution is -2.37. The molecule has 0 aliphatic heterocycles. The van der Waals surface area contributed by atoms with Crippen LogP contribution in [0.1, 0.15) is 13.3 Å². The molecular weight excluding hydrogens is 180 g/mol. The molecule has 0 rings (SSSR count). The van der Waals surface area contributed by atoms with Gasteiger partial charge in [-0.3, -0.25) is 4.55 Å². The van der Waals surface area contributed by atoms with E-state index in [4.69, 9.17) is 10.3 Å². The molecular formula is C6H16N2O3S. The van der Waals surface area contributed by atoms with E-state index < -0.39 is 10.1 Å². The van der Waals surface area contributed by atoms with Crippen LogP contribution in [-0.4, -0.2) is 37.9 Å². The average Bonchev–Trinajstić information content (AvgIpc) is 1.95. The molecule has 0 aromatic rings. The molecule has 0 aromatic heterocycles. The molecule has 74 valence electrons. The highest BCUT2D eigenvalue weighted by molar-refractivity contribution is 7.85. The normalized spacial score (nSPS) is 14.6. The Morgan fingerprint density at radius 1 is 1.58 bits per heavy atom. The first-order valence-electron chi connectivity index (χ1n) is 3.88. The molecule has 0 saturated carbocycles. The fraction of sp³-hybridized carbons (Fsp3) is 1.00. The third-order valence-corrected chi connectivity index (χ3v) is 2.31. The van der Waals surface area contributed by atoms with E-state index in [9.17, 15) is 8.42 Å². The van der Waals surface area contributed by atoms with Crippen LogP contribution >= 0.6 is 0 Å². The standard InChI is InChI=1S/C6H16N2O3S/c1-2-6(8-4-3-7)5-12(9,10)11/h6,8H,2-5,7H2,1H3,(H,9,10,11). The lowest BCUT2D eigenvalue weighted by atomic mass is 10.2. The van der Waals surface area contributed by atoms with Gasteiger partial charge in [-0.05, 0) is 6.42 Å². The Morgan fingerprint density at radius 2 is 2.17 bits per heavy atom. The highest BCUT2D eigenvalue weighted by atomic mass is 32.2. The van der Waals surface area contributed by atoms with Crippen molar-refractivity contribution in [2.24, 2.45) is 5.73 Å². The van der Waals surface area contributed by atoms with Crippen molar-refractivity contribution >= 4 is 10.1 Å². The summed E-state index contributed by atoms with van der Waals surface area (Å²) in [6.45, 7) is 2.87. The van der Waals surface area contributed by atoms with Crippen molar-refractivity contribution < 1.29 is 13.0 Å². The summed E-state index contributed by atoms with van der Waals surface area (Å²) in [7, 11) is -3.87. The predicted octanol–water partition coefficient (Wildman–Crippen LogP) is -0.799. The molecule has 0 aromatic carbocycles. The molecule has 12 heavy (non-hydrogen) atoms. The molecule has 1 atom stereocenters. The van der Waals surface area contributed by atoms with Gasteiger partial charge in [-0.25, -0.2) is 0 Å². The van der Waals surface area contributed by atoms with Crippen molar-refractivity contribution in [3.8, 4) is 0 Å². The Morgan fingerprint density at radius 3 is 2.50 bits per heavy atom. The van der Waals surface area contributed by atoms with Gasteiger partial charge in [0.05, 0.1) is 5.75 Å². The van der Waals surface area contributed by atoms with Gasteiger partial charge < -0.3 is 11.1 Å². The third kappa shape index (κ3) is 6.53. The van der Waals surface area contributed by atoms with Crippen molar-refractivity contribution in [1.29, 1.82) is 0 Å². The first-order valence-corrected chi connectivity index (χ1v) is 5.49. The SMILES string of the molecule is CCC(CS(=O)(=O)O)NCCN. The molecule has 0 bridgehead atoms. The minimum atomic E-state index is -3.87. The minimum absolute atomic E-state index is 0.205. The number of nitrogens with one attached hydrogen (secondary N) is 1. The van der Waals surface area contributed by atoms with E-state index in [1.54, 1.807) is 0 Å². The summed E-state index contributed by atoms with van der Waals surface area (Å²) in [4.78, 5) is 0. The Hall–Kier alpha value is -0.170. The first kappa shape index (κ1) is 11.8. The zero-order valence-electron chi connectivity index (χ0n) is 7.16. The molecule has 0 aliphatic rings. The van der Waals surface area contributed by atoms with Crippen LogP contribution in [0.15, 0.2) is 0 Å². The Balaban J connectivity index is 3.83. The predicted molar refractivity (Wildman–Crippen MR) is 47.6 cm³/mol. The first-order chi connectivity index (χ1) is 5.49. The second kappa shape index (κ2) is 5.47. The van der Waals surface area contributed by atoms with E-state index in [0.717, 1.165) is 0 Å². The fourth-order valence-electron chi connectivity index (χ4n) is 0.863. The van der Waals surface area contributed by atoms with Crippen molar-refractivity contribution in [3.05, 3.63) is 0 Å². The van der Waals surface area contributed by atoms with Gasteiger partial charge in [-0.15, -0.1) is 0 Å². The zero-order valence-corrected chi connectivity index (χ0v) is 7.97. The molecule has 6 heteroatoms. The topological polar surface area (TPSA) is 92.4 Å². The van der Waals surface area contributed by atoms with Crippen LogP contribution in [0, 0.1) is 0 Å². The maximum Gasteiger partial charge on any atom is 0.266 e. The second-order valence-electron chi connectivity index (χ2n) is 2.60. The van der Waals surface area contributed by atoms with E-state index in [1.165, 1.54) is 0 Å². The summed E-state index contributed by atoms with van der Waals surface area (Å²) in [5.74, 6) is -0.247. The van der Waals surface area contributed by atoms with Gasteiger partial charge in [0.1, 0.15) is 0 Å². The van der Waals surface area contributed by atoms with Gasteiger partial charge in [0.2, 0.25) is 0 Å². The number of hydrogen-bond acceptors (Lipinski definition) is 4. The Bertz CT molecular complexity index is 203. The van der Waals surface area contributed by atoms with Gasteiger partial charge in [0.25, 0.3) is 10.1 Å². The van der Waals surface area contributed by atoms with Crippen LogP contribution in [0.3, 0.4) is 0 Å². The Kier molecular flexibility index (Phi) is 5.39. The molecule has 0 spiro atoms.